The van der Waals surface area contributed by atoms with Crippen LogP contribution in [-0.4, -0.2) is 30.7 Å². The first-order valence-corrected chi connectivity index (χ1v) is 11.8. The maximum absolute atomic E-state index is 12.2. The number of benzene rings is 3. The van der Waals surface area contributed by atoms with Crippen molar-refractivity contribution in [2.75, 3.05) is 6.26 Å². The Balaban J connectivity index is 1.97. The van der Waals surface area contributed by atoms with Crippen molar-refractivity contribution in [2.45, 2.75) is 4.90 Å². The van der Waals surface area contributed by atoms with Gasteiger partial charge in [-0.2, -0.15) is 5.10 Å². The molecule has 31 heavy (non-hydrogen) atoms. The Labute approximate surface area is 189 Å². The molecule has 4 aromatic rings. The van der Waals surface area contributed by atoms with E-state index < -0.39 is 9.84 Å². The van der Waals surface area contributed by atoms with E-state index in [1.807, 2.05) is 0 Å². The molecule has 0 unspecified atom stereocenters. The van der Waals surface area contributed by atoms with Crippen LogP contribution in [-0.2, 0) is 9.84 Å². The van der Waals surface area contributed by atoms with E-state index in [4.69, 9.17) is 28.3 Å². The van der Waals surface area contributed by atoms with Gasteiger partial charge in [0.2, 0.25) is 0 Å². The zero-order valence-corrected chi connectivity index (χ0v) is 18.6. The first-order valence-electron chi connectivity index (χ1n) is 9.18. The van der Waals surface area contributed by atoms with E-state index in [-0.39, 0.29) is 4.90 Å². The van der Waals surface area contributed by atoms with Crippen LogP contribution in [0.4, 0.5) is 0 Å². The molecule has 0 aliphatic rings. The summed E-state index contributed by atoms with van der Waals surface area (Å²) in [5, 5.41) is 5.84. The fourth-order valence-corrected chi connectivity index (χ4v) is 4.15. The van der Waals surface area contributed by atoms with Crippen LogP contribution in [0.2, 0.25) is 10.0 Å². The summed E-state index contributed by atoms with van der Waals surface area (Å²) in [4.78, 5) is 12.4. The number of carbonyl (C=O) groups excluding carboxylic acids is 1. The summed E-state index contributed by atoms with van der Waals surface area (Å²) in [5.74, 6) is 0. The number of halogens is 2. The number of aromatic nitrogens is 2. The molecule has 0 fully saturated rings. The van der Waals surface area contributed by atoms with Crippen molar-refractivity contribution in [3.63, 3.8) is 0 Å². The van der Waals surface area contributed by atoms with Gasteiger partial charge in [-0.25, -0.2) is 13.1 Å². The fourth-order valence-electron chi connectivity index (χ4n) is 3.27. The van der Waals surface area contributed by atoms with Crippen molar-refractivity contribution in [3.8, 4) is 28.2 Å². The van der Waals surface area contributed by atoms with Crippen molar-refractivity contribution < 1.29 is 13.2 Å². The lowest BCUT2D eigenvalue weighted by molar-refractivity contribution is 0.112. The van der Waals surface area contributed by atoms with Gasteiger partial charge in [-0.1, -0.05) is 47.5 Å². The highest BCUT2D eigenvalue weighted by molar-refractivity contribution is 7.90. The Morgan fingerprint density at radius 1 is 0.806 bits per heavy atom. The molecule has 0 saturated heterocycles. The van der Waals surface area contributed by atoms with Gasteiger partial charge in [-0.3, -0.25) is 4.79 Å². The standard InChI is InChI=1S/C23H16Cl2N2O3S/c1-31(29,30)20-12-10-19(11-13-20)27-23(16-4-8-18(25)9-5-16)21(14-28)22(26-27)15-2-6-17(24)7-3-15/h2-14H,1H3. The number of carbonyl (C=O) groups is 1. The van der Waals surface area contributed by atoms with Crippen molar-refractivity contribution in [1.82, 2.24) is 9.78 Å². The quantitative estimate of drug-likeness (QED) is 0.349. The first kappa shape index (κ1) is 21.3. The van der Waals surface area contributed by atoms with Crippen LogP contribution in [0, 0.1) is 0 Å². The van der Waals surface area contributed by atoms with E-state index in [0.717, 1.165) is 23.7 Å². The molecule has 0 radical (unpaired) electrons. The molecular formula is C23H16Cl2N2O3S. The van der Waals surface area contributed by atoms with Crippen LogP contribution in [0.5, 0.6) is 0 Å². The molecule has 0 aliphatic heterocycles. The molecule has 0 atom stereocenters. The van der Waals surface area contributed by atoms with E-state index in [1.165, 1.54) is 12.1 Å². The molecular weight excluding hydrogens is 455 g/mol. The third-order valence-electron chi connectivity index (χ3n) is 4.78. The SMILES string of the molecule is CS(=O)(=O)c1ccc(-n2nc(-c3ccc(Cl)cc3)c(C=O)c2-c2ccc(Cl)cc2)cc1. The van der Waals surface area contributed by atoms with Crippen molar-refractivity contribution in [3.05, 3.63) is 88.4 Å². The van der Waals surface area contributed by atoms with Gasteiger partial charge < -0.3 is 0 Å². The van der Waals surface area contributed by atoms with Crippen LogP contribution in [0.3, 0.4) is 0 Å². The lowest BCUT2D eigenvalue weighted by Gasteiger charge is -2.09. The first-order chi connectivity index (χ1) is 14.8. The van der Waals surface area contributed by atoms with Gasteiger partial charge in [-0.15, -0.1) is 0 Å². The van der Waals surface area contributed by atoms with E-state index in [9.17, 15) is 13.2 Å². The third-order valence-corrected chi connectivity index (χ3v) is 6.42. The van der Waals surface area contributed by atoms with Crippen LogP contribution in [0.25, 0.3) is 28.2 Å². The number of hydrogen-bond acceptors (Lipinski definition) is 4. The van der Waals surface area contributed by atoms with Crippen LogP contribution >= 0.6 is 23.2 Å². The summed E-state index contributed by atoms with van der Waals surface area (Å²) in [7, 11) is -3.34. The van der Waals surface area contributed by atoms with E-state index in [1.54, 1.807) is 65.3 Å². The minimum absolute atomic E-state index is 0.199. The van der Waals surface area contributed by atoms with Crippen molar-refractivity contribution in [2.24, 2.45) is 0 Å². The number of nitrogens with zero attached hydrogens (tertiary/aromatic N) is 2. The molecule has 1 aromatic heterocycles. The molecule has 0 bridgehead atoms. The second kappa shape index (κ2) is 8.30. The Kier molecular flexibility index (Phi) is 5.71. The Hall–Kier alpha value is -2.93. The zero-order chi connectivity index (χ0) is 22.2. The second-order valence-corrected chi connectivity index (χ2v) is 9.81. The largest absolute Gasteiger partial charge is 0.298 e. The predicted octanol–water partition coefficient (Wildman–Crippen LogP) is 5.73. The maximum atomic E-state index is 12.2. The van der Waals surface area contributed by atoms with E-state index >= 15 is 0 Å². The minimum atomic E-state index is -3.34. The average Bonchev–Trinajstić information content (AvgIpc) is 3.14. The van der Waals surface area contributed by atoms with E-state index in [0.29, 0.717) is 32.7 Å². The van der Waals surface area contributed by atoms with Crippen LogP contribution in [0.1, 0.15) is 10.4 Å². The molecule has 3 aromatic carbocycles. The minimum Gasteiger partial charge on any atom is -0.298 e. The highest BCUT2D eigenvalue weighted by atomic mass is 35.5. The van der Waals surface area contributed by atoms with Gasteiger partial charge in [0.1, 0.15) is 5.69 Å². The summed E-state index contributed by atoms with van der Waals surface area (Å²) in [5.41, 5.74) is 3.55. The monoisotopic (exact) mass is 470 g/mol. The summed E-state index contributed by atoms with van der Waals surface area (Å²) >= 11 is 12.1. The molecule has 0 amide bonds. The second-order valence-electron chi connectivity index (χ2n) is 6.92. The molecule has 0 aliphatic carbocycles. The van der Waals surface area contributed by atoms with Gasteiger partial charge in [0.25, 0.3) is 0 Å². The summed E-state index contributed by atoms with van der Waals surface area (Å²) < 4.78 is 25.3. The van der Waals surface area contributed by atoms with Gasteiger partial charge in [0.15, 0.2) is 16.1 Å². The normalized spacial score (nSPS) is 11.5. The molecule has 1 heterocycles. The average molecular weight is 471 g/mol. The smallest absolute Gasteiger partial charge is 0.175 e. The topological polar surface area (TPSA) is 69.0 Å². The van der Waals surface area contributed by atoms with Gasteiger partial charge in [0, 0.05) is 27.4 Å². The molecule has 5 nitrogen and oxygen atoms in total. The lowest BCUT2D eigenvalue weighted by Crippen LogP contribution is -2.02. The molecule has 156 valence electrons. The number of sulfone groups is 1. The molecule has 4 rings (SSSR count). The van der Waals surface area contributed by atoms with Crippen LogP contribution in [0.15, 0.2) is 77.7 Å². The van der Waals surface area contributed by atoms with Crippen molar-refractivity contribution >= 4 is 39.3 Å². The highest BCUT2D eigenvalue weighted by Crippen LogP contribution is 2.34. The van der Waals surface area contributed by atoms with Crippen molar-refractivity contribution in [1.29, 1.82) is 0 Å². The maximum Gasteiger partial charge on any atom is 0.175 e. The van der Waals surface area contributed by atoms with Gasteiger partial charge in [0.05, 0.1) is 21.8 Å². The summed E-state index contributed by atoms with van der Waals surface area (Å²) in [6.45, 7) is 0. The Bertz CT molecular complexity index is 1360. The van der Waals surface area contributed by atoms with E-state index in [2.05, 4.69) is 0 Å². The number of hydrogen-bond donors (Lipinski definition) is 0. The highest BCUT2D eigenvalue weighted by Gasteiger charge is 2.21. The zero-order valence-electron chi connectivity index (χ0n) is 16.3. The summed E-state index contributed by atoms with van der Waals surface area (Å²) in [6.07, 6.45) is 1.92. The predicted molar refractivity (Wildman–Crippen MR) is 123 cm³/mol. The molecule has 0 N–H and O–H groups in total. The summed E-state index contributed by atoms with van der Waals surface area (Å²) in [6, 6.07) is 20.5. The Morgan fingerprint density at radius 2 is 1.32 bits per heavy atom. The molecule has 0 spiro atoms. The van der Waals surface area contributed by atoms with Gasteiger partial charge in [-0.05, 0) is 48.5 Å². The Morgan fingerprint density at radius 3 is 1.81 bits per heavy atom. The van der Waals surface area contributed by atoms with Crippen LogP contribution < -0.4 is 0 Å². The lowest BCUT2D eigenvalue weighted by atomic mass is 10.0. The number of aldehydes is 1. The third kappa shape index (κ3) is 4.28. The van der Waals surface area contributed by atoms with Gasteiger partial charge >= 0.3 is 0 Å². The number of rotatable bonds is 5. The molecule has 0 saturated carbocycles. The fraction of sp³-hybridized carbons (Fsp3) is 0.0435. The molecule has 8 heteroatoms.